The van der Waals surface area contributed by atoms with Gasteiger partial charge in [-0.05, 0) is 24.6 Å². The monoisotopic (exact) mass is 369 g/mol. The molecule has 10 heteroatoms. The Hall–Kier alpha value is -2.69. The van der Waals surface area contributed by atoms with Crippen molar-refractivity contribution in [2.45, 2.75) is 37.6 Å². The highest BCUT2D eigenvalue weighted by atomic mass is 16.4. The first-order chi connectivity index (χ1) is 12.1. The molecular weight excluding hydrogens is 346 g/mol. The Bertz CT molecular complexity index is 633. The fourth-order valence-electron chi connectivity index (χ4n) is 2.03. The van der Waals surface area contributed by atoms with Gasteiger partial charge >= 0.3 is 0 Å². The van der Waals surface area contributed by atoms with E-state index in [9.17, 15) is 29.7 Å². The molecule has 0 saturated carbocycles. The lowest BCUT2D eigenvalue weighted by Gasteiger charge is -2.24. The van der Waals surface area contributed by atoms with E-state index in [-0.39, 0.29) is 12.2 Å². The van der Waals surface area contributed by atoms with E-state index >= 15 is 0 Å². The number of carboxylic acids is 1. The molecule has 144 valence electrons. The summed E-state index contributed by atoms with van der Waals surface area (Å²) < 4.78 is 0. The third kappa shape index (κ3) is 6.31. The number of aliphatic hydroxyl groups is 2. The Morgan fingerprint density at radius 2 is 1.65 bits per heavy atom. The summed E-state index contributed by atoms with van der Waals surface area (Å²) >= 11 is 0. The fourth-order valence-corrected chi connectivity index (χ4v) is 2.03. The van der Waals surface area contributed by atoms with Crippen molar-refractivity contribution in [3.05, 3.63) is 29.8 Å². The van der Waals surface area contributed by atoms with Crippen molar-refractivity contribution in [1.29, 1.82) is 0 Å². The van der Waals surface area contributed by atoms with Crippen LogP contribution in [0.4, 0.5) is 0 Å². The molecule has 26 heavy (non-hydrogen) atoms. The molecule has 0 aromatic heterocycles. The zero-order valence-corrected chi connectivity index (χ0v) is 14.2. The van der Waals surface area contributed by atoms with Crippen LogP contribution < -0.4 is 21.5 Å². The Balaban J connectivity index is 2.96. The van der Waals surface area contributed by atoms with Crippen LogP contribution in [0.15, 0.2) is 24.3 Å². The van der Waals surface area contributed by atoms with Gasteiger partial charge in [-0.15, -0.1) is 0 Å². The van der Waals surface area contributed by atoms with Crippen molar-refractivity contribution >= 4 is 17.8 Å². The highest BCUT2D eigenvalue weighted by Crippen LogP contribution is 2.11. The molecule has 1 aromatic carbocycles. The van der Waals surface area contributed by atoms with E-state index in [2.05, 4.69) is 16.4 Å². The summed E-state index contributed by atoms with van der Waals surface area (Å²) in [6, 6.07) is 1.98. The van der Waals surface area contributed by atoms with Crippen LogP contribution in [0.25, 0.3) is 0 Å². The van der Waals surface area contributed by atoms with Crippen molar-refractivity contribution < 1.29 is 40.5 Å². The van der Waals surface area contributed by atoms with Gasteiger partial charge in [0.2, 0.25) is 5.91 Å². The van der Waals surface area contributed by atoms with Crippen LogP contribution in [0.1, 0.15) is 12.5 Å². The average Bonchev–Trinajstić information content (AvgIpc) is 2.59. The lowest BCUT2D eigenvalue weighted by atomic mass is 10.0. The number of aromatic hydroxyl groups is 1. The molecular formula is C16H23N3O7. The number of quaternary nitrogens is 1. The van der Waals surface area contributed by atoms with Gasteiger partial charge in [0.05, 0.1) is 18.6 Å². The third-order valence-corrected chi connectivity index (χ3v) is 3.71. The van der Waals surface area contributed by atoms with Crippen molar-refractivity contribution in [2.75, 3.05) is 6.61 Å². The van der Waals surface area contributed by atoms with Gasteiger partial charge in [0.25, 0.3) is 5.91 Å². The second kappa shape index (κ2) is 9.70. The number of rotatable bonds is 9. The Labute approximate surface area is 149 Å². The largest absolute Gasteiger partial charge is 0.548 e. The van der Waals surface area contributed by atoms with Crippen molar-refractivity contribution in [1.82, 2.24) is 10.6 Å². The molecule has 0 aliphatic carbocycles. The summed E-state index contributed by atoms with van der Waals surface area (Å²) in [5, 5.41) is 43.1. The molecule has 8 N–H and O–H groups in total. The quantitative estimate of drug-likeness (QED) is 0.254. The molecule has 0 spiro atoms. The molecule has 10 nitrogen and oxygen atoms in total. The minimum atomic E-state index is -1.67. The molecule has 0 radical (unpaired) electrons. The smallest absolute Gasteiger partial charge is 0.281 e. The normalized spacial score (nSPS) is 15.4. The molecule has 0 aliphatic heterocycles. The number of phenols is 1. The topological polar surface area (TPSA) is 187 Å². The van der Waals surface area contributed by atoms with Gasteiger partial charge in [-0.2, -0.15) is 0 Å². The highest BCUT2D eigenvalue weighted by Gasteiger charge is 2.29. The lowest BCUT2D eigenvalue weighted by Crippen LogP contribution is -2.73. The van der Waals surface area contributed by atoms with Gasteiger partial charge in [-0.25, -0.2) is 0 Å². The summed E-state index contributed by atoms with van der Waals surface area (Å²) in [6.45, 7) is 0.490. The number of carboxylic acid groups (broad SMARTS) is 1. The first-order valence-corrected chi connectivity index (χ1v) is 7.87. The summed E-state index contributed by atoms with van der Waals surface area (Å²) in [5.74, 6) is -3.21. The van der Waals surface area contributed by atoms with Crippen LogP contribution in [0, 0.1) is 0 Å². The predicted octanol–water partition coefficient (Wildman–Crippen LogP) is -4.36. The van der Waals surface area contributed by atoms with Gasteiger partial charge in [0.1, 0.15) is 17.9 Å². The number of hydrogen-bond donors (Lipinski definition) is 6. The van der Waals surface area contributed by atoms with Gasteiger partial charge in [0.15, 0.2) is 6.04 Å². The van der Waals surface area contributed by atoms with E-state index in [0.717, 1.165) is 0 Å². The van der Waals surface area contributed by atoms with Gasteiger partial charge in [-0.1, -0.05) is 12.1 Å². The summed E-state index contributed by atoms with van der Waals surface area (Å²) in [6.07, 6.45) is -1.07. The van der Waals surface area contributed by atoms with Crippen LogP contribution >= 0.6 is 0 Å². The SMILES string of the molecule is C[C@@H](O)[C@H]([NH3+])C(=O)N[C@@H](Cc1ccc(O)cc1)C(=O)N[C@@H](CO)C(=O)[O-]. The first-order valence-electron chi connectivity index (χ1n) is 7.87. The van der Waals surface area contributed by atoms with E-state index in [1.54, 1.807) is 0 Å². The molecule has 0 aliphatic rings. The second-order valence-electron chi connectivity index (χ2n) is 5.84. The zero-order valence-electron chi connectivity index (χ0n) is 14.2. The maximum Gasteiger partial charge on any atom is 0.281 e. The van der Waals surface area contributed by atoms with Crippen LogP contribution in [-0.2, 0) is 20.8 Å². The fraction of sp³-hybridized carbons (Fsp3) is 0.438. The first kappa shape index (κ1) is 21.4. The van der Waals surface area contributed by atoms with Gasteiger partial charge < -0.3 is 41.6 Å². The van der Waals surface area contributed by atoms with Crippen LogP contribution in [-0.4, -0.2) is 63.9 Å². The minimum Gasteiger partial charge on any atom is -0.548 e. The average molecular weight is 369 g/mol. The number of aliphatic carboxylic acids is 1. The summed E-state index contributed by atoms with van der Waals surface area (Å²) in [5.41, 5.74) is 4.08. The van der Waals surface area contributed by atoms with Gasteiger partial charge in [-0.3, -0.25) is 9.59 Å². The Kier molecular flexibility index (Phi) is 7.97. The third-order valence-electron chi connectivity index (χ3n) is 3.71. The number of amides is 2. The molecule has 4 atom stereocenters. The summed E-state index contributed by atoms with van der Waals surface area (Å²) in [4.78, 5) is 35.3. The van der Waals surface area contributed by atoms with Crippen molar-refractivity contribution in [3.63, 3.8) is 0 Å². The Morgan fingerprint density at radius 1 is 1.12 bits per heavy atom. The van der Waals surface area contributed by atoms with Crippen molar-refractivity contribution in [3.8, 4) is 5.75 Å². The van der Waals surface area contributed by atoms with Crippen molar-refractivity contribution in [2.24, 2.45) is 0 Å². The number of benzene rings is 1. The lowest BCUT2D eigenvalue weighted by molar-refractivity contribution is -0.419. The number of carbonyl (C=O) groups excluding carboxylic acids is 3. The van der Waals surface area contributed by atoms with E-state index in [0.29, 0.717) is 5.56 Å². The molecule has 1 aromatic rings. The number of nitrogens with one attached hydrogen (secondary N) is 2. The Morgan fingerprint density at radius 3 is 2.12 bits per heavy atom. The molecule has 0 saturated heterocycles. The minimum absolute atomic E-state index is 0.0167. The number of hydrogen-bond acceptors (Lipinski definition) is 7. The number of carbonyl (C=O) groups is 3. The molecule has 1 rings (SSSR count). The van der Waals surface area contributed by atoms with Crippen LogP contribution in [0.5, 0.6) is 5.75 Å². The van der Waals surface area contributed by atoms with Gasteiger partial charge in [0, 0.05) is 6.42 Å². The zero-order chi connectivity index (χ0) is 19.9. The predicted molar refractivity (Wildman–Crippen MR) is 86.1 cm³/mol. The van der Waals surface area contributed by atoms with Crippen LogP contribution in [0.3, 0.4) is 0 Å². The molecule has 0 bridgehead atoms. The van der Waals surface area contributed by atoms with Crippen LogP contribution in [0.2, 0.25) is 0 Å². The second-order valence-corrected chi connectivity index (χ2v) is 5.84. The summed E-state index contributed by atoms with van der Waals surface area (Å²) in [7, 11) is 0. The molecule has 2 amide bonds. The van der Waals surface area contributed by atoms with E-state index in [1.165, 1.54) is 31.2 Å². The maximum absolute atomic E-state index is 12.4. The number of phenolic OH excluding ortho intramolecular Hbond substituents is 1. The van der Waals surface area contributed by atoms with E-state index in [1.807, 2.05) is 0 Å². The standard InChI is InChI=1S/C16H23N3O7/c1-8(21)13(17)15(24)18-11(6-9-2-4-10(22)5-3-9)14(23)19-12(7-20)16(25)26/h2-5,8,11-13,20-22H,6-7,17H2,1H3,(H,18,24)(H,19,23)(H,25,26)/t8-,11+,12+,13+/m1/s1. The van der Waals surface area contributed by atoms with E-state index < -0.39 is 48.6 Å². The van der Waals surface area contributed by atoms with E-state index in [4.69, 9.17) is 5.11 Å². The maximum atomic E-state index is 12.4. The number of aliphatic hydroxyl groups excluding tert-OH is 2. The molecule has 0 heterocycles. The molecule has 0 unspecified atom stereocenters. The highest BCUT2D eigenvalue weighted by molar-refractivity contribution is 5.91. The molecule has 0 fully saturated rings.